The molecule has 1 heterocycles. The van der Waals surface area contributed by atoms with Crippen molar-refractivity contribution in [1.82, 2.24) is 5.32 Å². The lowest BCUT2D eigenvalue weighted by Gasteiger charge is -2.18. The largest absolute Gasteiger partial charge is 0.376 e. The lowest BCUT2D eigenvalue weighted by molar-refractivity contribution is -0.119. The summed E-state index contributed by atoms with van der Waals surface area (Å²) in [5, 5.41) is 8.85. The van der Waals surface area contributed by atoms with Crippen LogP contribution in [0.5, 0.6) is 0 Å². The quantitative estimate of drug-likeness (QED) is 0.671. The highest BCUT2D eigenvalue weighted by Gasteiger charge is 2.17. The number of carbonyl (C=O) groups excluding carboxylic acids is 1. The summed E-state index contributed by atoms with van der Waals surface area (Å²) in [6, 6.07) is 21.2. The summed E-state index contributed by atoms with van der Waals surface area (Å²) in [6.07, 6.45) is 0. The fourth-order valence-electron chi connectivity index (χ4n) is 2.41. The van der Waals surface area contributed by atoms with Gasteiger partial charge in [0.1, 0.15) is 0 Å². The molecule has 1 unspecified atom stereocenters. The third kappa shape index (κ3) is 4.37. The molecule has 3 nitrogen and oxygen atoms in total. The summed E-state index contributed by atoms with van der Waals surface area (Å²) < 4.78 is 0. The molecule has 0 saturated carbocycles. The van der Waals surface area contributed by atoms with Crippen LogP contribution in [0.3, 0.4) is 0 Å². The molecule has 0 aliphatic carbocycles. The van der Waals surface area contributed by atoms with Gasteiger partial charge in [0.25, 0.3) is 0 Å². The Morgan fingerprint density at radius 2 is 1.88 bits per heavy atom. The van der Waals surface area contributed by atoms with Crippen LogP contribution in [-0.2, 0) is 4.79 Å². The molecule has 5 heteroatoms. The molecule has 1 atom stereocenters. The van der Waals surface area contributed by atoms with E-state index < -0.39 is 0 Å². The average Bonchev–Trinajstić information content (AvgIpc) is 3.13. The number of halogens is 1. The maximum Gasteiger partial charge on any atom is 0.240 e. The molecule has 2 N–H and O–H groups in total. The number of amides is 1. The monoisotopic (exact) mass is 356 g/mol. The van der Waals surface area contributed by atoms with E-state index in [2.05, 4.69) is 10.6 Å². The highest BCUT2D eigenvalue weighted by Crippen LogP contribution is 2.25. The smallest absolute Gasteiger partial charge is 0.240 e. The second kappa shape index (κ2) is 7.99. The van der Waals surface area contributed by atoms with Gasteiger partial charge >= 0.3 is 0 Å². The fourth-order valence-corrected chi connectivity index (χ4v) is 3.41. The van der Waals surface area contributed by atoms with Gasteiger partial charge in [0.2, 0.25) is 5.91 Å². The topological polar surface area (TPSA) is 41.1 Å². The Kier molecular flexibility index (Phi) is 5.51. The second-order valence-electron chi connectivity index (χ2n) is 5.29. The van der Waals surface area contributed by atoms with Crippen LogP contribution in [-0.4, -0.2) is 12.5 Å². The van der Waals surface area contributed by atoms with Crippen LogP contribution >= 0.6 is 22.9 Å². The van der Waals surface area contributed by atoms with Crippen LogP contribution in [0.25, 0.3) is 0 Å². The second-order valence-corrected chi connectivity index (χ2v) is 6.71. The van der Waals surface area contributed by atoms with Crippen LogP contribution in [0.2, 0.25) is 5.02 Å². The Labute approximate surface area is 150 Å². The summed E-state index contributed by atoms with van der Waals surface area (Å²) in [7, 11) is 0. The van der Waals surface area contributed by atoms with Gasteiger partial charge < -0.3 is 10.6 Å². The van der Waals surface area contributed by atoms with Crippen molar-refractivity contribution in [3.05, 3.63) is 87.6 Å². The molecule has 0 fully saturated rings. The minimum absolute atomic E-state index is 0.0720. The van der Waals surface area contributed by atoms with Gasteiger partial charge in [-0.1, -0.05) is 54.1 Å². The molecule has 3 rings (SSSR count). The number of thiophene rings is 1. The molecule has 1 amide bonds. The van der Waals surface area contributed by atoms with Crippen molar-refractivity contribution in [2.75, 3.05) is 11.9 Å². The first-order valence-corrected chi connectivity index (χ1v) is 8.85. The van der Waals surface area contributed by atoms with Gasteiger partial charge in [-0.2, -0.15) is 0 Å². The van der Waals surface area contributed by atoms with Crippen LogP contribution in [0.4, 0.5) is 5.69 Å². The first-order valence-electron chi connectivity index (χ1n) is 7.59. The summed E-state index contributed by atoms with van der Waals surface area (Å²) in [6.45, 7) is 0.190. The maximum atomic E-state index is 12.4. The van der Waals surface area contributed by atoms with Crippen molar-refractivity contribution >= 4 is 34.5 Å². The Morgan fingerprint density at radius 1 is 1.04 bits per heavy atom. The number of hydrogen-bond donors (Lipinski definition) is 2. The average molecular weight is 357 g/mol. The summed E-state index contributed by atoms with van der Waals surface area (Å²) in [5.74, 6) is -0.0720. The molecule has 0 spiro atoms. The van der Waals surface area contributed by atoms with Crippen LogP contribution in [0.15, 0.2) is 72.1 Å². The maximum absolute atomic E-state index is 12.4. The fraction of sp³-hybridized carbons (Fsp3) is 0.105. The van der Waals surface area contributed by atoms with Crippen LogP contribution in [0.1, 0.15) is 16.5 Å². The molecule has 0 saturated heterocycles. The SMILES string of the molecule is O=C(CNc1cccc(Cl)c1)NC(c1ccccc1)c1cccs1. The lowest BCUT2D eigenvalue weighted by Crippen LogP contribution is -2.33. The molecular weight excluding hydrogens is 340 g/mol. The number of anilines is 1. The number of benzene rings is 2. The van der Waals surface area contributed by atoms with Crippen LogP contribution in [0, 0.1) is 0 Å². The summed E-state index contributed by atoms with van der Waals surface area (Å²) >= 11 is 7.58. The minimum Gasteiger partial charge on any atom is -0.376 e. The Bertz CT molecular complexity index is 790. The molecule has 2 aromatic carbocycles. The van der Waals surface area contributed by atoms with E-state index in [4.69, 9.17) is 11.6 Å². The minimum atomic E-state index is -0.139. The van der Waals surface area contributed by atoms with Gasteiger partial charge in [-0.05, 0) is 35.2 Å². The predicted octanol–water partition coefficient (Wildman–Crippen LogP) is 4.72. The standard InChI is InChI=1S/C19H17ClN2OS/c20-15-8-4-9-16(12-15)21-13-18(23)22-19(17-10-5-11-24-17)14-6-2-1-3-7-14/h1-12,19,21H,13H2,(H,22,23). The molecule has 1 aromatic heterocycles. The van der Waals surface area contributed by atoms with Gasteiger partial charge in [-0.15, -0.1) is 11.3 Å². The molecule has 0 aliphatic heterocycles. The molecule has 0 aliphatic rings. The lowest BCUT2D eigenvalue weighted by atomic mass is 10.1. The molecular formula is C19H17ClN2OS. The van der Waals surface area contributed by atoms with E-state index in [9.17, 15) is 4.79 Å². The van der Waals surface area contributed by atoms with E-state index in [0.717, 1.165) is 16.1 Å². The molecule has 0 bridgehead atoms. The summed E-state index contributed by atoms with van der Waals surface area (Å²) in [5.41, 5.74) is 1.89. The third-order valence-corrected chi connectivity index (χ3v) is 4.72. The van der Waals surface area contributed by atoms with Crippen molar-refractivity contribution in [3.63, 3.8) is 0 Å². The Hall–Kier alpha value is -2.30. The normalized spacial score (nSPS) is 11.7. The molecule has 0 radical (unpaired) electrons. The first-order chi connectivity index (χ1) is 11.7. The zero-order valence-corrected chi connectivity index (χ0v) is 14.5. The Morgan fingerprint density at radius 3 is 2.58 bits per heavy atom. The van der Waals surface area contributed by atoms with Gasteiger partial charge in [0.05, 0.1) is 12.6 Å². The van der Waals surface area contributed by atoms with Crippen molar-refractivity contribution in [2.24, 2.45) is 0 Å². The van der Waals surface area contributed by atoms with E-state index in [1.807, 2.05) is 60.0 Å². The van der Waals surface area contributed by atoms with Crippen molar-refractivity contribution in [2.45, 2.75) is 6.04 Å². The molecule has 122 valence electrons. The zero-order valence-electron chi connectivity index (χ0n) is 12.9. The Balaban J connectivity index is 1.68. The first kappa shape index (κ1) is 16.6. The molecule has 24 heavy (non-hydrogen) atoms. The molecule has 3 aromatic rings. The number of nitrogens with one attached hydrogen (secondary N) is 2. The van der Waals surface area contributed by atoms with Gasteiger partial charge in [0.15, 0.2) is 0 Å². The van der Waals surface area contributed by atoms with Gasteiger partial charge in [-0.3, -0.25) is 4.79 Å². The van der Waals surface area contributed by atoms with E-state index in [-0.39, 0.29) is 18.5 Å². The highest BCUT2D eigenvalue weighted by atomic mass is 35.5. The van der Waals surface area contributed by atoms with Crippen molar-refractivity contribution in [1.29, 1.82) is 0 Å². The number of rotatable bonds is 6. The highest BCUT2D eigenvalue weighted by molar-refractivity contribution is 7.10. The summed E-state index contributed by atoms with van der Waals surface area (Å²) in [4.78, 5) is 13.5. The third-order valence-electron chi connectivity index (χ3n) is 3.54. The van der Waals surface area contributed by atoms with Crippen LogP contribution < -0.4 is 10.6 Å². The van der Waals surface area contributed by atoms with E-state index in [0.29, 0.717) is 5.02 Å². The number of hydrogen-bond acceptors (Lipinski definition) is 3. The van der Waals surface area contributed by atoms with E-state index in [1.165, 1.54) is 0 Å². The zero-order chi connectivity index (χ0) is 16.8. The predicted molar refractivity (Wildman–Crippen MR) is 101 cm³/mol. The van der Waals surface area contributed by atoms with Gasteiger partial charge in [-0.25, -0.2) is 0 Å². The van der Waals surface area contributed by atoms with Crippen molar-refractivity contribution < 1.29 is 4.79 Å². The van der Waals surface area contributed by atoms with E-state index in [1.54, 1.807) is 23.5 Å². The van der Waals surface area contributed by atoms with E-state index >= 15 is 0 Å². The van der Waals surface area contributed by atoms with Crippen molar-refractivity contribution in [3.8, 4) is 0 Å². The van der Waals surface area contributed by atoms with Gasteiger partial charge in [0, 0.05) is 15.6 Å². The number of carbonyl (C=O) groups is 1.